The highest BCUT2D eigenvalue weighted by atomic mass is 19.1. The lowest BCUT2D eigenvalue weighted by Gasteiger charge is -2.30. The Morgan fingerprint density at radius 2 is 1.86 bits per heavy atom. The van der Waals surface area contributed by atoms with Gasteiger partial charge in [-0.05, 0) is 36.2 Å². The minimum atomic E-state index is -0.216. The maximum Gasteiger partial charge on any atom is 0.194 e. The number of halogens is 1. The Kier molecular flexibility index (Phi) is 7.25. The van der Waals surface area contributed by atoms with E-state index in [-0.39, 0.29) is 5.82 Å². The molecule has 1 aliphatic rings. The molecule has 1 N–H and O–H groups in total. The zero-order chi connectivity index (χ0) is 19.8. The molecule has 0 aromatic heterocycles. The van der Waals surface area contributed by atoms with Crippen molar-refractivity contribution < 1.29 is 9.13 Å². The Labute approximate surface area is 166 Å². The van der Waals surface area contributed by atoms with Crippen LogP contribution in [0.4, 0.5) is 10.1 Å². The number of hydrogen-bond acceptors (Lipinski definition) is 3. The van der Waals surface area contributed by atoms with Gasteiger partial charge < -0.3 is 19.9 Å². The predicted octanol–water partition coefficient (Wildman–Crippen LogP) is 3.26. The number of hydrogen-bond donors (Lipinski definition) is 1. The lowest BCUT2D eigenvalue weighted by atomic mass is 10.1. The fourth-order valence-corrected chi connectivity index (χ4v) is 3.33. The van der Waals surface area contributed by atoms with Crippen molar-refractivity contribution in [3.63, 3.8) is 0 Å². The highest BCUT2D eigenvalue weighted by molar-refractivity contribution is 5.79. The summed E-state index contributed by atoms with van der Waals surface area (Å²) in [5.74, 6) is 0.621. The monoisotopic (exact) mass is 384 g/mol. The summed E-state index contributed by atoms with van der Waals surface area (Å²) in [7, 11) is 2.00. The third-order valence-corrected chi connectivity index (χ3v) is 4.77. The van der Waals surface area contributed by atoms with E-state index >= 15 is 0 Å². The van der Waals surface area contributed by atoms with Gasteiger partial charge in [0.1, 0.15) is 5.82 Å². The van der Waals surface area contributed by atoms with E-state index in [1.807, 2.05) is 19.2 Å². The molecular formula is C22H29FN4O. The van der Waals surface area contributed by atoms with Crippen molar-refractivity contribution >= 4 is 11.6 Å². The Morgan fingerprint density at radius 1 is 1.14 bits per heavy atom. The van der Waals surface area contributed by atoms with Crippen molar-refractivity contribution in [2.45, 2.75) is 20.0 Å². The smallest absolute Gasteiger partial charge is 0.194 e. The molecule has 5 nitrogen and oxygen atoms in total. The van der Waals surface area contributed by atoms with Gasteiger partial charge in [-0.3, -0.25) is 0 Å². The van der Waals surface area contributed by atoms with Crippen molar-refractivity contribution in [1.29, 1.82) is 0 Å². The molecule has 0 saturated carbocycles. The van der Waals surface area contributed by atoms with Gasteiger partial charge in [0.15, 0.2) is 5.96 Å². The SMILES string of the molecule is CCNC(=NCc1ccccc1N1CCOCC1)N(C)Cc1ccc(F)cc1. The first-order chi connectivity index (χ1) is 13.7. The molecule has 0 atom stereocenters. The topological polar surface area (TPSA) is 40.1 Å². The summed E-state index contributed by atoms with van der Waals surface area (Å²) in [6.07, 6.45) is 0. The molecule has 0 spiro atoms. The van der Waals surface area contributed by atoms with Gasteiger partial charge in [0.25, 0.3) is 0 Å². The maximum atomic E-state index is 13.1. The number of ether oxygens (including phenoxy) is 1. The van der Waals surface area contributed by atoms with Crippen molar-refractivity contribution in [3.8, 4) is 0 Å². The molecule has 0 aliphatic carbocycles. The average Bonchev–Trinajstić information content (AvgIpc) is 2.73. The van der Waals surface area contributed by atoms with Gasteiger partial charge in [0, 0.05) is 38.9 Å². The second kappa shape index (κ2) is 10.1. The number of morpholine rings is 1. The van der Waals surface area contributed by atoms with Gasteiger partial charge in [-0.25, -0.2) is 9.38 Å². The molecule has 2 aromatic carbocycles. The van der Waals surface area contributed by atoms with Gasteiger partial charge in [-0.15, -0.1) is 0 Å². The molecule has 3 rings (SSSR count). The second-order valence-electron chi connectivity index (χ2n) is 6.88. The lowest BCUT2D eigenvalue weighted by molar-refractivity contribution is 0.122. The molecule has 0 radical (unpaired) electrons. The summed E-state index contributed by atoms with van der Waals surface area (Å²) >= 11 is 0. The van der Waals surface area contributed by atoms with E-state index < -0.39 is 0 Å². The Morgan fingerprint density at radius 3 is 2.57 bits per heavy atom. The molecule has 1 aliphatic heterocycles. The minimum absolute atomic E-state index is 0.216. The summed E-state index contributed by atoms with van der Waals surface area (Å²) in [5.41, 5.74) is 3.48. The number of benzene rings is 2. The van der Waals surface area contributed by atoms with E-state index in [2.05, 4.69) is 46.3 Å². The van der Waals surface area contributed by atoms with Crippen LogP contribution in [0.3, 0.4) is 0 Å². The molecular weight excluding hydrogens is 355 g/mol. The van der Waals surface area contributed by atoms with Crippen LogP contribution in [0.1, 0.15) is 18.1 Å². The van der Waals surface area contributed by atoms with Crippen LogP contribution < -0.4 is 10.2 Å². The number of rotatable bonds is 6. The van der Waals surface area contributed by atoms with Gasteiger partial charge in [0.05, 0.1) is 19.8 Å². The Bertz CT molecular complexity index is 772. The molecule has 1 fully saturated rings. The standard InChI is InChI=1S/C22H29FN4O/c1-3-24-22(26(2)17-18-8-10-20(23)11-9-18)25-16-19-6-4-5-7-21(19)27-12-14-28-15-13-27/h4-11H,3,12-17H2,1-2H3,(H,24,25). The van der Waals surface area contributed by atoms with E-state index in [4.69, 9.17) is 9.73 Å². The molecule has 0 unspecified atom stereocenters. The zero-order valence-electron chi connectivity index (χ0n) is 16.7. The van der Waals surface area contributed by atoms with E-state index in [0.717, 1.165) is 44.4 Å². The first kappa shape index (κ1) is 20.1. The molecule has 6 heteroatoms. The number of guanidine groups is 1. The third-order valence-electron chi connectivity index (χ3n) is 4.77. The molecule has 1 heterocycles. The molecule has 0 bridgehead atoms. The number of para-hydroxylation sites is 1. The normalized spacial score (nSPS) is 14.8. The minimum Gasteiger partial charge on any atom is -0.378 e. The second-order valence-corrected chi connectivity index (χ2v) is 6.88. The molecule has 1 saturated heterocycles. The van der Waals surface area contributed by atoms with Gasteiger partial charge >= 0.3 is 0 Å². The summed E-state index contributed by atoms with van der Waals surface area (Å²) < 4.78 is 18.6. The summed E-state index contributed by atoms with van der Waals surface area (Å²) in [4.78, 5) is 9.28. The Hall–Kier alpha value is -2.60. The Balaban J connectivity index is 1.72. The summed E-state index contributed by atoms with van der Waals surface area (Å²) in [5, 5.41) is 3.35. The van der Waals surface area contributed by atoms with Crippen LogP contribution in [-0.2, 0) is 17.8 Å². The van der Waals surface area contributed by atoms with Crippen LogP contribution in [0.25, 0.3) is 0 Å². The van der Waals surface area contributed by atoms with E-state index in [9.17, 15) is 4.39 Å². The largest absolute Gasteiger partial charge is 0.378 e. The predicted molar refractivity (Wildman–Crippen MR) is 112 cm³/mol. The summed E-state index contributed by atoms with van der Waals surface area (Å²) in [6, 6.07) is 15.0. The van der Waals surface area contributed by atoms with Crippen molar-refractivity contribution in [3.05, 3.63) is 65.5 Å². The van der Waals surface area contributed by atoms with Crippen LogP contribution in [0, 0.1) is 5.82 Å². The third kappa shape index (κ3) is 5.45. The number of nitrogens with zero attached hydrogens (tertiary/aromatic N) is 3. The van der Waals surface area contributed by atoms with Crippen LogP contribution in [-0.4, -0.2) is 50.8 Å². The van der Waals surface area contributed by atoms with E-state index in [1.165, 1.54) is 23.4 Å². The molecule has 28 heavy (non-hydrogen) atoms. The first-order valence-electron chi connectivity index (χ1n) is 9.82. The summed E-state index contributed by atoms with van der Waals surface area (Å²) in [6.45, 7) is 7.46. The first-order valence-corrected chi connectivity index (χ1v) is 9.82. The van der Waals surface area contributed by atoms with Crippen molar-refractivity contribution in [2.24, 2.45) is 4.99 Å². The fourth-order valence-electron chi connectivity index (χ4n) is 3.33. The van der Waals surface area contributed by atoms with Crippen molar-refractivity contribution in [2.75, 3.05) is 44.8 Å². The molecule has 150 valence electrons. The number of nitrogens with one attached hydrogen (secondary N) is 1. The molecule has 0 amide bonds. The van der Waals surface area contributed by atoms with Crippen LogP contribution >= 0.6 is 0 Å². The van der Waals surface area contributed by atoms with Gasteiger partial charge in [0.2, 0.25) is 0 Å². The van der Waals surface area contributed by atoms with Gasteiger partial charge in [-0.1, -0.05) is 30.3 Å². The molecule has 2 aromatic rings. The quantitative estimate of drug-likeness (QED) is 0.613. The number of aliphatic imine (C=N–C) groups is 1. The average molecular weight is 384 g/mol. The lowest BCUT2D eigenvalue weighted by Crippen LogP contribution is -2.38. The highest BCUT2D eigenvalue weighted by Crippen LogP contribution is 2.22. The maximum absolute atomic E-state index is 13.1. The van der Waals surface area contributed by atoms with Crippen molar-refractivity contribution in [1.82, 2.24) is 10.2 Å². The fraction of sp³-hybridized carbons (Fsp3) is 0.409. The van der Waals surface area contributed by atoms with Gasteiger partial charge in [-0.2, -0.15) is 0 Å². The number of anilines is 1. The van der Waals surface area contributed by atoms with E-state index in [0.29, 0.717) is 13.1 Å². The van der Waals surface area contributed by atoms with E-state index in [1.54, 1.807) is 0 Å². The van der Waals surface area contributed by atoms with Crippen LogP contribution in [0.15, 0.2) is 53.5 Å². The highest BCUT2D eigenvalue weighted by Gasteiger charge is 2.14. The van der Waals surface area contributed by atoms with Crippen LogP contribution in [0.2, 0.25) is 0 Å². The van der Waals surface area contributed by atoms with Crippen LogP contribution in [0.5, 0.6) is 0 Å². The zero-order valence-corrected chi connectivity index (χ0v) is 16.7.